The van der Waals surface area contributed by atoms with Gasteiger partial charge in [0.1, 0.15) is 11.4 Å². The summed E-state index contributed by atoms with van der Waals surface area (Å²) in [6.07, 6.45) is 6.13. The molecule has 0 amide bonds. The van der Waals surface area contributed by atoms with Gasteiger partial charge in [0.2, 0.25) is 0 Å². The van der Waals surface area contributed by atoms with Crippen molar-refractivity contribution in [3.8, 4) is 28.7 Å². The molecule has 152 valence electrons. The zero-order valence-electron chi connectivity index (χ0n) is 17.1. The minimum Gasteiger partial charge on any atom is -0.380 e. The third kappa shape index (κ3) is 3.17. The summed E-state index contributed by atoms with van der Waals surface area (Å²) in [5.74, 6) is 0. The van der Waals surface area contributed by atoms with Crippen molar-refractivity contribution in [1.82, 2.24) is 30.3 Å². The Labute approximate surface area is 174 Å². The predicted molar refractivity (Wildman–Crippen MR) is 116 cm³/mol. The van der Waals surface area contributed by atoms with Crippen LogP contribution in [-0.4, -0.2) is 44.1 Å². The highest BCUT2D eigenvalue weighted by Crippen LogP contribution is 2.40. The summed E-state index contributed by atoms with van der Waals surface area (Å²) in [6.45, 7) is 6.23. The summed E-state index contributed by atoms with van der Waals surface area (Å²) in [7, 11) is 0. The zero-order valence-corrected chi connectivity index (χ0v) is 17.1. The fraction of sp³-hybridized carbons (Fsp3) is 0.364. The van der Waals surface area contributed by atoms with Gasteiger partial charge in [0.25, 0.3) is 0 Å². The molecule has 0 atom stereocenters. The van der Waals surface area contributed by atoms with E-state index in [2.05, 4.69) is 45.8 Å². The number of H-pyrrole nitrogens is 1. The molecule has 0 unspecified atom stereocenters. The van der Waals surface area contributed by atoms with Crippen molar-refractivity contribution in [2.24, 2.45) is 0 Å². The average molecular weight is 400 g/mol. The van der Waals surface area contributed by atoms with E-state index in [4.69, 9.17) is 4.98 Å². The standard InChI is InChI=1S/C22H24N8/c1-13(2)26-21-17(19-12-30(29-28-19)15-5-7-24-8-6-15)11-25-20-16-4-3-14(10-23)9-18(16)27-22(20)21/h3-4,9,11-13,15,24-26H,5-8H2,1-2H3. The number of hydrogen-bond donors (Lipinski definition) is 3. The highest BCUT2D eigenvalue weighted by Gasteiger charge is 2.23. The first kappa shape index (κ1) is 18.6. The van der Waals surface area contributed by atoms with Crippen LogP contribution in [0, 0.1) is 11.3 Å². The number of hydrogen-bond acceptors (Lipinski definition) is 6. The van der Waals surface area contributed by atoms with Crippen LogP contribution < -0.4 is 10.6 Å². The molecule has 0 bridgehead atoms. The van der Waals surface area contributed by atoms with Crippen LogP contribution in [0.3, 0.4) is 0 Å². The Hall–Kier alpha value is -3.44. The van der Waals surface area contributed by atoms with Gasteiger partial charge >= 0.3 is 0 Å². The molecule has 3 aliphatic heterocycles. The van der Waals surface area contributed by atoms with Crippen molar-refractivity contribution >= 4 is 16.6 Å². The number of benzene rings is 1. The minimum absolute atomic E-state index is 0.225. The van der Waals surface area contributed by atoms with Gasteiger partial charge in [-0.15, -0.1) is 5.10 Å². The van der Waals surface area contributed by atoms with Gasteiger partial charge in [-0.25, -0.2) is 9.67 Å². The lowest BCUT2D eigenvalue weighted by molar-refractivity contribution is 0.337. The van der Waals surface area contributed by atoms with E-state index in [1.54, 1.807) is 0 Å². The van der Waals surface area contributed by atoms with Crippen molar-refractivity contribution in [2.75, 3.05) is 18.4 Å². The summed E-state index contributed by atoms with van der Waals surface area (Å²) in [5, 5.41) is 26.1. The van der Waals surface area contributed by atoms with Crippen LogP contribution in [0.1, 0.15) is 38.3 Å². The number of pyridine rings is 1. The quantitative estimate of drug-likeness (QED) is 0.484. The highest BCUT2D eigenvalue weighted by molar-refractivity contribution is 6.02. The lowest BCUT2D eigenvalue weighted by atomic mass is 10.1. The Morgan fingerprint density at radius 2 is 2.10 bits per heavy atom. The molecule has 1 aromatic heterocycles. The summed E-state index contributed by atoms with van der Waals surface area (Å²) in [4.78, 5) is 8.26. The molecule has 1 saturated heterocycles. The molecule has 1 aromatic carbocycles. The van der Waals surface area contributed by atoms with E-state index in [1.165, 1.54) is 0 Å². The zero-order chi connectivity index (χ0) is 20.7. The monoisotopic (exact) mass is 400 g/mol. The van der Waals surface area contributed by atoms with Crippen LogP contribution in [-0.2, 0) is 0 Å². The van der Waals surface area contributed by atoms with Crippen LogP contribution in [0.15, 0.2) is 30.6 Å². The Morgan fingerprint density at radius 1 is 1.27 bits per heavy atom. The first-order valence-corrected chi connectivity index (χ1v) is 10.4. The largest absolute Gasteiger partial charge is 0.380 e. The van der Waals surface area contributed by atoms with Crippen molar-refractivity contribution in [2.45, 2.75) is 38.8 Å². The molecular weight excluding hydrogens is 376 g/mol. The second-order valence-corrected chi connectivity index (χ2v) is 8.12. The summed E-state index contributed by atoms with van der Waals surface area (Å²) >= 11 is 0. The molecule has 0 radical (unpaired) electrons. The Balaban J connectivity index is 1.64. The van der Waals surface area contributed by atoms with Gasteiger partial charge in [-0.3, -0.25) is 0 Å². The van der Waals surface area contributed by atoms with Crippen molar-refractivity contribution in [3.05, 3.63) is 36.2 Å². The third-order valence-electron chi connectivity index (χ3n) is 5.63. The van der Waals surface area contributed by atoms with Gasteiger partial charge in [-0.05, 0) is 58.0 Å². The number of aromatic nitrogens is 5. The highest BCUT2D eigenvalue weighted by atomic mass is 15.4. The van der Waals surface area contributed by atoms with Gasteiger partial charge < -0.3 is 15.6 Å². The fourth-order valence-electron chi connectivity index (χ4n) is 4.17. The van der Waals surface area contributed by atoms with E-state index in [0.717, 1.165) is 65.2 Å². The number of piperidine rings is 1. The number of rotatable bonds is 4. The summed E-state index contributed by atoms with van der Waals surface area (Å²) in [5.41, 5.74) is 5.91. The van der Waals surface area contributed by atoms with Crippen LogP contribution in [0.4, 0.5) is 5.69 Å². The first-order chi connectivity index (χ1) is 14.6. The van der Waals surface area contributed by atoms with Crippen molar-refractivity contribution in [3.63, 3.8) is 0 Å². The maximum absolute atomic E-state index is 9.23. The van der Waals surface area contributed by atoms with Crippen LogP contribution >= 0.6 is 0 Å². The van der Waals surface area contributed by atoms with E-state index in [1.807, 2.05) is 35.3 Å². The van der Waals surface area contributed by atoms with Gasteiger partial charge in [-0.1, -0.05) is 5.21 Å². The minimum atomic E-state index is 0.225. The van der Waals surface area contributed by atoms with Gasteiger partial charge in [-0.2, -0.15) is 5.26 Å². The number of anilines is 1. The van der Waals surface area contributed by atoms with E-state index >= 15 is 0 Å². The smallest absolute Gasteiger partial charge is 0.116 e. The SMILES string of the molecule is CC(C)Nc1c(-c2cn(C3CCNCC3)nn2)c[nH]c2c3ccc(C#N)cc3nc1-2. The lowest BCUT2D eigenvalue weighted by Crippen LogP contribution is -2.29. The fourth-order valence-corrected chi connectivity index (χ4v) is 4.17. The maximum atomic E-state index is 9.23. The number of nitrogens with one attached hydrogen (secondary N) is 3. The number of nitrogens with zero attached hydrogens (tertiary/aromatic N) is 5. The molecular formula is C22H24N8. The van der Waals surface area contributed by atoms with Gasteiger partial charge in [0.15, 0.2) is 0 Å². The Morgan fingerprint density at radius 3 is 2.87 bits per heavy atom. The van der Waals surface area contributed by atoms with E-state index in [-0.39, 0.29) is 6.04 Å². The van der Waals surface area contributed by atoms with Crippen LogP contribution in [0.2, 0.25) is 0 Å². The molecule has 2 aromatic rings. The van der Waals surface area contributed by atoms with Gasteiger partial charge in [0.05, 0.1) is 40.8 Å². The Kier molecular flexibility index (Phi) is 4.60. The number of fused-ring (bicyclic) bond motifs is 3. The molecule has 0 spiro atoms. The molecule has 5 rings (SSSR count). The second-order valence-electron chi connectivity index (χ2n) is 8.12. The predicted octanol–water partition coefficient (Wildman–Crippen LogP) is 3.54. The first-order valence-electron chi connectivity index (χ1n) is 10.4. The molecule has 3 N–H and O–H groups in total. The molecule has 30 heavy (non-hydrogen) atoms. The van der Waals surface area contributed by atoms with Gasteiger partial charge in [0, 0.05) is 23.2 Å². The van der Waals surface area contributed by atoms with Crippen molar-refractivity contribution in [1.29, 1.82) is 5.26 Å². The molecule has 4 heterocycles. The number of aromatic amines is 1. The maximum Gasteiger partial charge on any atom is 0.116 e. The third-order valence-corrected chi connectivity index (χ3v) is 5.63. The van der Waals surface area contributed by atoms with E-state index in [9.17, 15) is 5.26 Å². The van der Waals surface area contributed by atoms with Crippen LogP contribution in [0.5, 0.6) is 0 Å². The molecule has 8 nitrogen and oxygen atoms in total. The Bertz CT molecular complexity index is 1210. The average Bonchev–Trinajstić information content (AvgIpc) is 3.39. The molecule has 0 saturated carbocycles. The van der Waals surface area contributed by atoms with Crippen LogP contribution in [0.25, 0.3) is 33.5 Å². The molecule has 0 aliphatic carbocycles. The molecule has 1 fully saturated rings. The van der Waals surface area contributed by atoms with Crippen molar-refractivity contribution < 1.29 is 0 Å². The van der Waals surface area contributed by atoms with E-state index < -0.39 is 0 Å². The number of nitriles is 1. The van der Waals surface area contributed by atoms with E-state index in [0.29, 0.717) is 11.6 Å². The lowest BCUT2D eigenvalue weighted by Gasteiger charge is -2.22. The summed E-state index contributed by atoms with van der Waals surface area (Å²) < 4.78 is 1.99. The normalized spacial score (nSPS) is 15.1. The molecule has 8 heteroatoms. The topological polar surface area (TPSA) is 107 Å². The molecule has 3 aliphatic rings. The summed E-state index contributed by atoms with van der Waals surface area (Å²) in [6, 6.07) is 8.40. The second kappa shape index (κ2) is 7.43.